The molecular weight excluding hydrogens is 487 g/mol. The third kappa shape index (κ3) is 3.78. The van der Waals surface area contributed by atoms with Crippen LogP contribution >= 0.6 is 22.7 Å². The third-order valence-corrected chi connectivity index (χ3v) is 9.92. The molecule has 0 N–H and O–H groups in total. The molecule has 0 saturated heterocycles. The van der Waals surface area contributed by atoms with E-state index < -0.39 is 10.8 Å². The molecule has 0 saturated carbocycles. The van der Waals surface area contributed by atoms with Crippen molar-refractivity contribution in [2.75, 3.05) is 0 Å². The molecule has 6 aromatic rings. The van der Waals surface area contributed by atoms with Gasteiger partial charge in [0.25, 0.3) is 0 Å². The molecule has 1 nitrogen and oxygen atoms in total. The number of halogens is 2. The lowest BCUT2D eigenvalue weighted by Crippen LogP contribution is -1.84. The van der Waals surface area contributed by atoms with Crippen LogP contribution in [0.3, 0.4) is 0 Å². The summed E-state index contributed by atoms with van der Waals surface area (Å²) in [6.45, 7) is 0. The van der Waals surface area contributed by atoms with Crippen LogP contribution in [-0.2, 0) is 10.8 Å². The highest BCUT2D eigenvalue weighted by Crippen LogP contribution is 2.40. The van der Waals surface area contributed by atoms with E-state index in [1.807, 2.05) is 48.5 Å². The first kappa shape index (κ1) is 21.4. The molecule has 166 valence electrons. The molecule has 0 spiro atoms. The van der Waals surface area contributed by atoms with Gasteiger partial charge in [-0.15, -0.1) is 22.7 Å². The highest BCUT2D eigenvalue weighted by molar-refractivity contribution is 7.89. The first-order chi connectivity index (χ1) is 16.6. The zero-order chi connectivity index (χ0) is 23.2. The first-order valence-corrected chi connectivity index (χ1v) is 13.3. The predicted molar refractivity (Wildman–Crippen MR) is 139 cm³/mol. The van der Waals surface area contributed by atoms with E-state index in [0.717, 1.165) is 50.8 Å². The molecule has 0 aliphatic carbocycles. The predicted octanol–water partition coefficient (Wildman–Crippen LogP) is 8.89. The van der Waals surface area contributed by atoms with Crippen molar-refractivity contribution >= 4 is 53.6 Å². The molecule has 0 atom stereocenters. The molecule has 0 aliphatic heterocycles. The Morgan fingerprint density at radius 2 is 0.971 bits per heavy atom. The molecule has 0 amide bonds. The molecular formula is C28H16F2OS3. The van der Waals surface area contributed by atoms with Crippen LogP contribution in [0.5, 0.6) is 0 Å². The summed E-state index contributed by atoms with van der Waals surface area (Å²) in [5.41, 5.74) is 3.83. The minimum atomic E-state index is -1.33. The molecule has 6 rings (SSSR count). The fourth-order valence-electron chi connectivity index (χ4n) is 4.12. The molecule has 0 unspecified atom stereocenters. The normalized spacial score (nSPS) is 11.6. The summed E-state index contributed by atoms with van der Waals surface area (Å²) < 4.78 is 44.0. The summed E-state index contributed by atoms with van der Waals surface area (Å²) in [6, 6.07) is 28.8. The maximum absolute atomic E-state index is 13.6. The van der Waals surface area contributed by atoms with Crippen LogP contribution in [0.2, 0.25) is 0 Å². The van der Waals surface area contributed by atoms with Gasteiger partial charge in [-0.3, -0.25) is 0 Å². The Morgan fingerprint density at radius 1 is 0.559 bits per heavy atom. The second-order valence-electron chi connectivity index (χ2n) is 7.85. The fraction of sp³-hybridized carbons (Fsp3) is 0. The van der Waals surface area contributed by atoms with Gasteiger partial charge in [-0.05, 0) is 70.8 Å². The van der Waals surface area contributed by atoms with Crippen LogP contribution in [-0.4, -0.2) is 4.21 Å². The Morgan fingerprint density at radius 3 is 1.38 bits per heavy atom. The van der Waals surface area contributed by atoms with Gasteiger partial charge in [0.1, 0.15) is 22.4 Å². The van der Waals surface area contributed by atoms with E-state index in [4.69, 9.17) is 0 Å². The smallest absolute Gasteiger partial charge is 0.123 e. The van der Waals surface area contributed by atoms with Crippen molar-refractivity contribution in [2.24, 2.45) is 0 Å². The molecule has 2 aromatic heterocycles. The maximum Gasteiger partial charge on any atom is 0.123 e. The highest BCUT2D eigenvalue weighted by atomic mass is 32.2. The van der Waals surface area contributed by atoms with E-state index in [0.29, 0.717) is 0 Å². The molecule has 0 bridgehead atoms. The van der Waals surface area contributed by atoms with Crippen molar-refractivity contribution in [3.63, 3.8) is 0 Å². The van der Waals surface area contributed by atoms with Crippen LogP contribution in [0.4, 0.5) is 8.78 Å². The van der Waals surface area contributed by atoms with Crippen LogP contribution in [0.25, 0.3) is 42.4 Å². The number of hydrogen-bond acceptors (Lipinski definition) is 3. The second kappa shape index (κ2) is 8.55. The van der Waals surface area contributed by atoms with Crippen molar-refractivity contribution in [1.82, 2.24) is 0 Å². The largest absolute Gasteiger partial charge is 0.247 e. The number of thiophene rings is 2. The zero-order valence-corrected chi connectivity index (χ0v) is 20.1. The lowest BCUT2D eigenvalue weighted by molar-refractivity contribution is 0.627. The zero-order valence-electron chi connectivity index (χ0n) is 17.6. The van der Waals surface area contributed by atoms with Crippen LogP contribution in [0, 0.1) is 11.6 Å². The number of benzene rings is 4. The minimum Gasteiger partial charge on any atom is -0.247 e. The van der Waals surface area contributed by atoms with E-state index in [1.54, 1.807) is 24.3 Å². The Balaban J connectivity index is 1.42. The van der Waals surface area contributed by atoms with Crippen LogP contribution in [0.1, 0.15) is 0 Å². The van der Waals surface area contributed by atoms with Gasteiger partial charge in [0.15, 0.2) is 0 Å². The van der Waals surface area contributed by atoms with Crippen molar-refractivity contribution in [3.8, 4) is 22.3 Å². The summed E-state index contributed by atoms with van der Waals surface area (Å²) >= 11 is 3.03. The molecule has 4 aromatic carbocycles. The number of rotatable bonds is 4. The maximum atomic E-state index is 13.6. The summed E-state index contributed by atoms with van der Waals surface area (Å²) in [4.78, 5) is 0. The van der Waals surface area contributed by atoms with Crippen LogP contribution in [0.15, 0.2) is 105 Å². The van der Waals surface area contributed by atoms with E-state index in [1.165, 1.54) is 46.9 Å². The van der Waals surface area contributed by atoms with E-state index in [-0.39, 0.29) is 11.6 Å². The number of fused-ring (bicyclic) bond motifs is 2. The molecule has 0 aliphatic rings. The molecule has 0 fully saturated rings. The highest BCUT2D eigenvalue weighted by Gasteiger charge is 2.17. The van der Waals surface area contributed by atoms with E-state index >= 15 is 0 Å². The minimum absolute atomic E-state index is 0.271. The van der Waals surface area contributed by atoms with Crippen molar-refractivity contribution in [1.29, 1.82) is 0 Å². The van der Waals surface area contributed by atoms with Crippen LogP contribution < -0.4 is 0 Å². The SMILES string of the molecule is O=S(c1cc2c(-c3ccc(F)cc3)cccc2s1)c1cc2c(-c3ccc(F)cc3)cccc2s1. The molecule has 6 heteroatoms. The number of hydrogen-bond donors (Lipinski definition) is 0. The van der Waals surface area contributed by atoms with Gasteiger partial charge in [-0.25, -0.2) is 13.0 Å². The lowest BCUT2D eigenvalue weighted by Gasteiger charge is -2.03. The Hall–Kier alpha value is -3.19. The lowest BCUT2D eigenvalue weighted by atomic mass is 10.0. The van der Waals surface area contributed by atoms with E-state index in [2.05, 4.69) is 0 Å². The first-order valence-electron chi connectivity index (χ1n) is 10.6. The monoisotopic (exact) mass is 502 g/mol. The van der Waals surface area contributed by atoms with Gasteiger partial charge < -0.3 is 0 Å². The summed E-state index contributed by atoms with van der Waals surface area (Å²) in [7, 11) is -1.33. The van der Waals surface area contributed by atoms with Crippen molar-refractivity contribution < 1.29 is 13.0 Å². The second-order valence-corrected chi connectivity index (χ2v) is 11.9. The summed E-state index contributed by atoms with van der Waals surface area (Å²) in [6.07, 6.45) is 0. The third-order valence-electron chi connectivity index (χ3n) is 5.75. The van der Waals surface area contributed by atoms with Crippen molar-refractivity contribution in [3.05, 3.63) is 109 Å². The van der Waals surface area contributed by atoms with Gasteiger partial charge in [-0.1, -0.05) is 48.5 Å². The fourth-order valence-corrected chi connectivity index (χ4v) is 8.25. The molecule has 0 radical (unpaired) electrons. The Kier molecular flexibility index (Phi) is 5.37. The van der Waals surface area contributed by atoms with Gasteiger partial charge in [0, 0.05) is 20.2 Å². The summed E-state index contributed by atoms with van der Waals surface area (Å²) in [5, 5.41) is 2.02. The van der Waals surface area contributed by atoms with Crippen molar-refractivity contribution in [2.45, 2.75) is 8.42 Å². The topological polar surface area (TPSA) is 17.1 Å². The van der Waals surface area contributed by atoms with Gasteiger partial charge in [0.05, 0.1) is 8.42 Å². The standard InChI is InChI=1S/C28H16F2OS3/c29-19-11-7-17(8-12-19)21-3-1-5-25-23(21)15-27(32-25)34(31)28-16-24-22(4-2-6-26(24)33-28)18-9-13-20(30)14-10-18/h1-16H. The van der Waals surface area contributed by atoms with Gasteiger partial charge in [0.2, 0.25) is 0 Å². The molecule has 2 heterocycles. The Bertz CT molecular complexity index is 1550. The quantitative estimate of drug-likeness (QED) is 0.235. The summed E-state index contributed by atoms with van der Waals surface area (Å²) in [5.74, 6) is -0.541. The average Bonchev–Trinajstić information content (AvgIpc) is 3.49. The van der Waals surface area contributed by atoms with Gasteiger partial charge in [-0.2, -0.15) is 0 Å². The van der Waals surface area contributed by atoms with Gasteiger partial charge >= 0.3 is 0 Å². The molecule has 34 heavy (non-hydrogen) atoms. The Labute approximate surface area is 205 Å². The van der Waals surface area contributed by atoms with E-state index in [9.17, 15) is 13.0 Å². The average molecular weight is 503 g/mol.